The number of nitrogens with two attached hydrogens (primary N) is 1. The summed E-state index contributed by atoms with van der Waals surface area (Å²) in [7, 11) is 0. The van der Waals surface area contributed by atoms with Crippen molar-refractivity contribution >= 4 is 22.9 Å². The van der Waals surface area contributed by atoms with Gasteiger partial charge >= 0.3 is 0 Å². The van der Waals surface area contributed by atoms with E-state index in [4.69, 9.17) is 17.3 Å². The van der Waals surface area contributed by atoms with Crippen LogP contribution in [0.2, 0.25) is 5.15 Å². The fourth-order valence-corrected chi connectivity index (χ4v) is 1.98. The number of hydrogen-bond acceptors (Lipinski definition) is 2. The average Bonchev–Trinajstić information content (AvgIpc) is 2.75. The Bertz CT molecular complexity index is 671. The lowest BCUT2D eigenvalue weighted by Gasteiger charge is -1.96. The molecule has 3 nitrogen and oxygen atoms in total. The molecular formula is C13H10ClN3. The van der Waals surface area contributed by atoms with Gasteiger partial charge in [-0.3, -0.25) is 4.40 Å². The van der Waals surface area contributed by atoms with Crippen LogP contribution in [0.15, 0.2) is 48.7 Å². The van der Waals surface area contributed by atoms with Gasteiger partial charge in [-0.2, -0.15) is 0 Å². The van der Waals surface area contributed by atoms with E-state index in [9.17, 15) is 0 Å². The first-order chi connectivity index (χ1) is 8.24. The molecule has 2 aromatic heterocycles. The lowest BCUT2D eigenvalue weighted by atomic mass is 10.1. The predicted molar refractivity (Wildman–Crippen MR) is 70.1 cm³/mol. The SMILES string of the molecule is Nc1ccc(-c2cn3c(Cl)cccc3n2)cc1. The number of halogens is 1. The zero-order valence-corrected chi connectivity index (χ0v) is 9.72. The monoisotopic (exact) mass is 243 g/mol. The van der Waals surface area contributed by atoms with Crippen LogP contribution in [0.4, 0.5) is 5.69 Å². The highest BCUT2D eigenvalue weighted by Gasteiger charge is 2.05. The fraction of sp³-hybridized carbons (Fsp3) is 0. The quantitative estimate of drug-likeness (QED) is 0.527. The first-order valence-electron chi connectivity index (χ1n) is 5.23. The summed E-state index contributed by atoms with van der Waals surface area (Å²) in [4.78, 5) is 4.51. The molecule has 0 bridgehead atoms. The highest BCUT2D eigenvalue weighted by atomic mass is 35.5. The van der Waals surface area contributed by atoms with Crippen LogP contribution >= 0.6 is 11.6 Å². The maximum atomic E-state index is 6.09. The van der Waals surface area contributed by atoms with E-state index in [1.54, 1.807) is 0 Å². The van der Waals surface area contributed by atoms with Crippen molar-refractivity contribution in [3.05, 3.63) is 53.8 Å². The third kappa shape index (κ3) is 1.74. The minimum atomic E-state index is 0.650. The van der Waals surface area contributed by atoms with Crippen LogP contribution in [0, 0.1) is 0 Å². The van der Waals surface area contributed by atoms with Gasteiger partial charge in [-0.25, -0.2) is 4.98 Å². The van der Waals surface area contributed by atoms with Crippen LogP contribution in [0.3, 0.4) is 0 Å². The van der Waals surface area contributed by atoms with Gasteiger partial charge < -0.3 is 5.73 Å². The Balaban J connectivity index is 2.18. The van der Waals surface area contributed by atoms with Gasteiger partial charge in [0, 0.05) is 17.4 Å². The normalized spacial score (nSPS) is 10.9. The molecule has 0 amide bonds. The van der Waals surface area contributed by atoms with E-state index in [-0.39, 0.29) is 0 Å². The molecule has 0 atom stereocenters. The van der Waals surface area contributed by atoms with Crippen molar-refractivity contribution in [1.82, 2.24) is 9.38 Å². The van der Waals surface area contributed by atoms with Gasteiger partial charge in [0.1, 0.15) is 10.8 Å². The van der Waals surface area contributed by atoms with E-state index in [0.717, 1.165) is 22.6 Å². The second-order valence-corrected chi connectivity index (χ2v) is 4.21. The van der Waals surface area contributed by atoms with Crippen molar-refractivity contribution < 1.29 is 0 Å². The van der Waals surface area contributed by atoms with Crippen molar-refractivity contribution in [2.24, 2.45) is 0 Å². The molecule has 3 rings (SSSR count). The lowest BCUT2D eigenvalue weighted by molar-refractivity contribution is 1.19. The molecule has 1 aromatic carbocycles. The van der Waals surface area contributed by atoms with Gasteiger partial charge in [0.05, 0.1) is 5.69 Å². The number of hydrogen-bond donors (Lipinski definition) is 1. The summed E-state index contributed by atoms with van der Waals surface area (Å²) in [6, 6.07) is 13.3. The topological polar surface area (TPSA) is 43.3 Å². The van der Waals surface area contributed by atoms with Crippen molar-refractivity contribution in [3.63, 3.8) is 0 Å². The van der Waals surface area contributed by atoms with Crippen molar-refractivity contribution in [3.8, 4) is 11.3 Å². The van der Waals surface area contributed by atoms with Crippen LogP contribution in [0.5, 0.6) is 0 Å². The molecule has 2 N–H and O–H groups in total. The molecule has 0 radical (unpaired) electrons. The number of anilines is 1. The Morgan fingerprint density at radius 2 is 1.82 bits per heavy atom. The highest BCUT2D eigenvalue weighted by molar-refractivity contribution is 6.29. The molecule has 0 fully saturated rings. The van der Waals surface area contributed by atoms with Crippen LogP contribution in [0.25, 0.3) is 16.9 Å². The third-order valence-electron chi connectivity index (χ3n) is 2.65. The Morgan fingerprint density at radius 1 is 1.06 bits per heavy atom. The summed E-state index contributed by atoms with van der Waals surface area (Å²) in [6.07, 6.45) is 1.92. The summed E-state index contributed by atoms with van der Waals surface area (Å²) in [5, 5.41) is 0.650. The number of aromatic nitrogens is 2. The van der Waals surface area contributed by atoms with Crippen molar-refractivity contribution in [2.45, 2.75) is 0 Å². The van der Waals surface area contributed by atoms with E-state index in [0.29, 0.717) is 5.15 Å². The van der Waals surface area contributed by atoms with E-state index in [1.165, 1.54) is 0 Å². The number of nitrogens with zero attached hydrogens (tertiary/aromatic N) is 2. The zero-order chi connectivity index (χ0) is 11.8. The summed E-state index contributed by atoms with van der Waals surface area (Å²) in [6.45, 7) is 0. The molecule has 4 heteroatoms. The highest BCUT2D eigenvalue weighted by Crippen LogP contribution is 2.22. The maximum absolute atomic E-state index is 6.09. The molecule has 3 aromatic rings. The number of fused-ring (bicyclic) bond motifs is 1. The number of nitrogen functional groups attached to an aromatic ring is 1. The third-order valence-corrected chi connectivity index (χ3v) is 2.96. The Kier molecular flexibility index (Phi) is 2.27. The molecule has 84 valence electrons. The van der Waals surface area contributed by atoms with Gasteiger partial charge in [-0.15, -0.1) is 0 Å². The minimum absolute atomic E-state index is 0.650. The first-order valence-corrected chi connectivity index (χ1v) is 5.61. The van der Waals surface area contributed by atoms with Gasteiger partial charge in [0.2, 0.25) is 0 Å². The molecule has 0 aliphatic carbocycles. The van der Waals surface area contributed by atoms with E-state index in [2.05, 4.69) is 4.98 Å². The van der Waals surface area contributed by atoms with Crippen LogP contribution < -0.4 is 5.73 Å². The first kappa shape index (κ1) is 10.2. The number of imidazole rings is 1. The Labute approximate surface area is 103 Å². The van der Waals surface area contributed by atoms with E-state index >= 15 is 0 Å². The molecule has 0 aliphatic heterocycles. The summed E-state index contributed by atoms with van der Waals surface area (Å²) in [5.41, 5.74) is 9.15. The minimum Gasteiger partial charge on any atom is -0.399 e. The number of benzene rings is 1. The predicted octanol–water partition coefficient (Wildman–Crippen LogP) is 3.24. The van der Waals surface area contributed by atoms with Gasteiger partial charge in [0.15, 0.2) is 0 Å². The van der Waals surface area contributed by atoms with Crippen LogP contribution in [-0.2, 0) is 0 Å². The average molecular weight is 244 g/mol. The van der Waals surface area contributed by atoms with Crippen LogP contribution in [0.1, 0.15) is 0 Å². The van der Waals surface area contributed by atoms with Gasteiger partial charge in [-0.05, 0) is 24.3 Å². The lowest BCUT2D eigenvalue weighted by Crippen LogP contribution is -1.83. The summed E-state index contributed by atoms with van der Waals surface area (Å²) < 4.78 is 1.85. The fourth-order valence-electron chi connectivity index (χ4n) is 1.77. The maximum Gasteiger partial charge on any atom is 0.138 e. The Hall–Kier alpha value is -2.00. The molecule has 0 unspecified atom stereocenters. The molecule has 0 spiro atoms. The molecular weight excluding hydrogens is 234 g/mol. The zero-order valence-electron chi connectivity index (χ0n) is 8.97. The Morgan fingerprint density at radius 3 is 2.53 bits per heavy atom. The second-order valence-electron chi connectivity index (χ2n) is 3.82. The van der Waals surface area contributed by atoms with Gasteiger partial charge in [0.25, 0.3) is 0 Å². The largest absolute Gasteiger partial charge is 0.399 e. The number of pyridine rings is 1. The van der Waals surface area contributed by atoms with E-state index in [1.807, 2.05) is 53.1 Å². The molecule has 0 aliphatic rings. The number of rotatable bonds is 1. The molecule has 0 saturated heterocycles. The molecule has 2 heterocycles. The van der Waals surface area contributed by atoms with Crippen molar-refractivity contribution in [1.29, 1.82) is 0 Å². The molecule has 0 saturated carbocycles. The molecule has 17 heavy (non-hydrogen) atoms. The van der Waals surface area contributed by atoms with Gasteiger partial charge in [-0.1, -0.05) is 29.8 Å². The van der Waals surface area contributed by atoms with E-state index < -0.39 is 0 Å². The second kappa shape index (κ2) is 3.79. The van der Waals surface area contributed by atoms with Crippen molar-refractivity contribution in [2.75, 3.05) is 5.73 Å². The van der Waals surface area contributed by atoms with Crippen LogP contribution in [-0.4, -0.2) is 9.38 Å². The standard InChI is InChI=1S/C13H10ClN3/c14-12-2-1-3-13-16-11(8-17(12)13)9-4-6-10(15)7-5-9/h1-8H,15H2. The summed E-state index contributed by atoms with van der Waals surface area (Å²) in [5.74, 6) is 0. The smallest absolute Gasteiger partial charge is 0.138 e. The summed E-state index contributed by atoms with van der Waals surface area (Å²) >= 11 is 6.09.